The lowest BCUT2D eigenvalue weighted by atomic mass is 9.97. The van der Waals surface area contributed by atoms with Gasteiger partial charge in [-0.3, -0.25) is 0 Å². The average Bonchev–Trinajstić information content (AvgIpc) is 3.12. The average molecular weight is 333 g/mol. The molecule has 1 fully saturated rings. The molecule has 0 spiro atoms. The molecular weight excluding hydrogens is 314 g/mol. The molecule has 2 N–H and O–H groups in total. The second-order valence-corrected chi connectivity index (χ2v) is 7.74. The summed E-state index contributed by atoms with van der Waals surface area (Å²) in [7, 11) is -2.53. The lowest BCUT2D eigenvalue weighted by molar-refractivity contribution is 0.0602. The van der Waals surface area contributed by atoms with Gasteiger partial charge in [-0.2, -0.15) is 0 Å². The summed E-state index contributed by atoms with van der Waals surface area (Å²) in [5.41, 5.74) is 0. The number of carbonyl (C=O) groups is 1. The van der Waals surface area contributed by atoms with Crippen molar-refractivity contribution in [3.8, 4) is 0 Å². The molecule has 2 unspecified atom stereocenters. The second kappa shape index (κ2) is 6.87. The minimum absolute atomic E-state index is 0.0436. The number of methoxy groups -OCH3 is 1. The Morgan fingerprint density at radius 3 is 2.86 bits per heavy atom. The van der Waals surface area contributed by atoms with Crippen molar-refractivity contribution in [2.45, 2.75) is 24.2 Å². The van der Waals surface area contributed by atoms with Crippen LogP contribution in [0.15, 0.2) is 16.3 Å². The fraction of sp³-hybridized carbons (Fsp3) is 0.615. The molecule has 1 heterocycles. The number of hydrogen-bond donors (Lipinski definition) is 2. The first-order valence-corrected chi connectivity index (χ1v) is 9.12. The van der Waals surface area contributed by atoms with Gasteiger partial charge in [-0.05, 0) is 36.1 Å². The highest BCUT2D eigenvalue weighted by Gasteiger charge is 2.30. The standard InChI is InChI=1S/C13H19NO5S2/c1-19-13(16)12-11(5-6-20-12)21(17,18)14-7-9-3-2-4-10(9)8-15/h5-6,9-10,14-15H,2-4,7-8H2,1H3. The van der Waals surface area contributed by atoms with Crippen LogP contribution in [0, 0.1) is 11.8 Å². The molecule has 0 bridgehead atoms. The van der Waals surface area contributed by atoms with Crippen LogP contribution in [0.4, 0.5) is 0 Å². The molecule has 21 heavy (non-hydrogen) atoms. The summed E-state index contributed by atoms with van der Waals surface area (Å²) in [6, 6.07) is 1.40. The Labute approximate surface area is 128 Å². The molecule has 0 saturated heterocycles. The first-order chi connectivity index (χ1) is 9.99. The third-order valence-corrected chi connectivity index (χ3v) is 6.37. The fourth-order valence-electron chi connectivity index (χ4n) is 2.67. The van der Waals surface area contributed by atoms with Gasteiger partial charge in [0.25, 0.3) is 0 Å². The van der Waals surface area contributed by atoms with E-state index in [1.165, 1.54) is 13.2 Å². The van der Waals surface area contributed by atoms with Crippen molar-refractivity contribution in [1.29, 1.82) is 0 Å². The zero-order valence-corrected chi connectivity index (χ0v) is 13.4. The van der Waals surface area contributed by atoms with E-state index in [1.54, 1.807) is 5.38 Å². The van der Waals surface area contributed by atoms with E-state index in [4.69, 9.17) is 0 Å². The largest absolute Gasteiger partial charge is 0.465 e. The number of sulfonamides is 1. The number of aliphatic hydroxyl groups excluding tert-OH is 1. The number of rotatable bonds is 6. The summed E-state index contributed by atoms with van der Waals surface area (Å²) < 4.78 is 31.8. The number of carbonyl (C=O) groups excluding carboxylic acids is 1. The molecule has 0 amide bonds. The van der Waals surface area contributed by atoms with Crippen molar-refractivity contribution in [3.63, 3.8) is 0 Å². The molecule has 0 aliphatic heterocycles. The Kier molecular flexibility index (Phi) is 5.37. The summed E-state index contributed by atoms with van der Waals surface area (Å²) in [6.07, 6.45) is 2.83. The SMILES string of the molecule is COC(=O)c1sccc1S(=O)(=O)NCC1CCCC1CO. The van der Waals surface area contributed by atoms with Gasteiger partial charge in [0.15, 0.2) is 0 Å². The molecule has 1 aromatic rings. The van der Waals surface area contributed by atoms with Crippen molar-refractivity contribution in [2.24, 2.45) is 11.8 Å². The van der Waals surface area contributed by atoms with Crippen LogP contribution >= 0.6 is 11.3 Å². The molecule has 0 radical (unpaired) electrons. The van der Waals surface area contributed by atoms with Gasteiger partial charge in [-0.1, -0.05) is 6.42 Å². The van der Waals surface area contributed by atoms with Gasteiger partial charge >= 0.3 is 5.97 Å². The third-order valence-electron chi connectivity index (χ3n) is 3.88. The van der Waals surface area contributed by atoms with Crippen molar-refractivity contribution < 1.29 is 23.1 Å². The number of hydrogen-bond acceptors (Lipinski definition) is 6. The Morgan fingerprint density at radius 1 is 1.48 bits per heavy atom. The van der Waals surface area contributed by atoms with Gasteiger partial charge in [0.2, 0.25) is 10.0 Å². The maximum absolute atomic E-state index is 12.3. The summed E-state index contributed by atoms with van der Waals surface area (Å²) in [6.45, 7) is 0.363. The van der Waals surface area contributed by atoms with Crippen molar-refractivity contribution in [2.75, 3.05) is 20.3 Å². The molecule has 6 nitrogen and oxygen atoms in total. The Bertz CT molecular complexity index is 595. The van der Waals surface area contributed by atoms with Crippen LogP contribution in [-0.2, 0) is 14.8 Å². The van der Waals surface area contributed by atoms with Crippen LogP contribution < -0.4 is 4.72 Å². The van der Waals surface area contributed by atoms with Gasteiger partial charge in [0, 0.05) is 13.2 Å². The maximum Gasteiger partial charge on any atom is 0.349 e. The second-order valence-electron chi connectivity index (χ2n) is 5.09. The predicted octanol–water partition coefficient (Wildman–Crippen LogP) is 1.22. The van der Waals surface area contributed by atoms with E-state index in [9.17, 15) is 18.3 Å². The summed E-state index contributed by atoms with van der Waals surface area (Å²) in [5.74, 6) is -0.361. The molecule has 1 aliphatic carbocycles. The van der Waals surface area contributed by atoms with Crippen LogP contribution in [0.25, 0.3) is 0 Å². The Morgan fingerprint density at radius 2 is 2.19 bits per heavy atom. The first kappa shape index (κ1) is 16.4. The Hall–Kier alpha value is -0.960. The molecule has 1 aliphatic rings. The maximum atomic E-state index is 12.3. The van der Waals surface area contributed by atoms with E-state index >= 15 is 0 Å². The highest BCUT2D eigenvalue weighted by molar-refractivity contribution is 7.89. The van der Waals surface area contributed by atoms with Crippen LogP contribution in [0.5, 0.6) is 0 Å². The van der Waals surface area contributed by atoms with Crippen LogP contribution in [0.1, 0.15) is 28.9 Å². The van der Waals surface area contributed by atoms with Crippen LogP contribution in [0.2, 0.25) is 0 Å². The minimum atomic E-state index is -3.74. The predicted molar refractivity (Wildman–Crippen MR) is 78.8 cm³/mol. The highest BCUT2D eigenvalue weighted by Crippen LogP contribution is 2.31. The lowest BCUT2D eigenvalue weighted by Gasteiger charge is -2.17. The van der Waals surface area contributed by atoms with E-state index in [0.29, 0.717) is 0 Å². The zero-order valence-electron chi connectivity index (χ0n) is 11.7. The van der Waals surface area contributed by atoms with Gasteiger partial charge in [-0.15, -0.1) is 11.3 Å². The third kappa shape index (κ3) is 3.63. The number of aliphatic hydroxyl groups is 1. The number of thiophene rings is 1. The fourth-order valence-corrected chi connectivity index (χ4v) is 5.10. The molecular formula is C13H19NO5S2. The molecule has 118 valence electrons. The highest BCUT2D eigenvalue weighted by atomic mass is 32.2. The molecule has 1 saturated carbocycles. The van der Waals surface area contributed by atoms with Crippen molar-refractivity contribution >= 4 is 27.3 Å². The quantitative estimate of drug-likeness (QED) is 0.764. The summed E-state index contributed by atoms with van der Waals surface area (Å²) in [4.78, 5) is 11.6. The number of nitrogens with one attached hydrogen (secondary N) is 1. The molecule has 2 atom stereocenters. The normalized spacial score (nSPS) is 22.4. The van der Waals surface area contributed by atoms with E-state index in [-0.39, 0.29) is 34.8 Å². The molecule has 8 heteroatoms. The topological polar surface area (TPSA) is 92.7 Å². The van der Waals surface area contributed by atoms with Crippen LogP contribution in [0.3, 0.4) is 0 Å². The van der Waals surface area contributed by atoms with E-state index in [0.717, 1.165) is 30.6 Å². The van der Waals surface area contributed by atoms with Gasteiger partial charge < -0.3 is 9.84 Å². The monoisotopic (exact) mass is 333 g/mol. The van der Waals surface area contributed by atoms with E-state index in [1.807, 2.05) is 0 Å². The molecule has 1 aromatic heterocycles. The first-order valence-electron chi connectivity index (χ1n) is 6.76. The Balaban J connectivity index is 2.09. The molecule has 0 aromatic carbocycles. The lowest BCUT2D eigenvalue weighted by Crippen LogP contribution is -2.32. The van der Waals surface area contributed by atoms with Gasteiger partial charge in [0.1, 0.15) is 9.77 Å². The van der Waals surface area contributed by atoms with E-state index in [2.05, 4.69) is 9.46 Å². The van der Waals surface area contributed by atoms with Crippen LogP contribution in [-0.4, -0.2) is 39.8 Å². The zero-order chi connectivity index (χ0) is 15.5. The van der Waals surface area contributed by atoms with Gasteiger partial charge in [-0.25, -0.2) is 17.9 Å². The van der Waals surface area contributed by atoms with Crippen molar-refractivity contribution in [1.82, 2.24) is 4.72 Å². The van der Waals surface area contributed by atoms with E-state index < -0.39 is 16.0 Å². The van der Waals surface area contributed by atoms with Gasteiger partial charge in [0.05, 0.1) is 7.11 Å². The van der Waals surface area contributed by atoms with Crippen molar-refractivity contribution in [3.05, 3.63) is 16.3 Å². The summed E-state index contributed by atoms with van der Waals surface area (Å²) in [5, 5.41) is 10.8. The molecule has 2 rings (SSSR count). The number of esters is 1. The summed E-state index contributed by atoms with van der Waals surface area (Å²) >= 11 is 1.04. The smallest absolute Gasteiger partial charge is 0.349 e. The number of ether oxygens (including phenoxy) is 1. The minimum Gasteiger partial charge on any atom is -0.465 e.